The number of carbonyl (C=O) groups is 1. The lowest BCUT2D eigenvalue weighted by Gasteiger charge is -2.12. The summed E-state index contributed by atoms with van der Waals surface area (Å²) in [6, 6.07) is 19.7. The zero-order valence-electron chi connectivity index (χ0n) is 21.9. The number of amides is 1. The fraction of sp³-hybridized carbons (Fsp3) is 0.167. The summed E-state index contributed by atoms with van der Waals surface area (Å²) < 4.78 is 15.0. The Balaban J connectivity index is 1.49. The molecule has 8 nitrogen and oxygen atoms in total. The second-order valence-corrected chi connectivity index (χ2v) is 9.73. The number of carbonyl (C=O) groups excluding carboxylic acids is 1. The van der Waals surface area contributed by atoms with Crippen molar-refractivity contribution in [2.45, 2.75) is 20.8 Å². The third-order valence-corrected chi connectivity index (χ3v) is 7.02. The summed E-state index contributed by atoms with van der Waals surface area (Å²) in [7, 11) is 1.73. The maximum atomic E-state index is 13.5. The molecule has 5 rings (SSSR count). The number of ether oxygens (including phenoxy) is 1. The predicted molar refractivity (Wildman–Crippen MR) is 152 cm³/mol. The van der Waals surface area contributed by atoms with Crippen LogP contribution in [0.3, 0.4) is 0 Å². The number of aromatic nitrogens is 2. The number of aryl methyl sites for hydroxylation is 2. The molecule has 1 N–H and O–H groups in total. The number of fused-ring (bicyclic) bond motifs is 1. The Kier molecular flexibility index (Phi) is 6.89. The third kappa shape index (κ3) is 4.86. The van der Waals surface area contributed by atoms with E-state index in [1.807, 2.05) is 56.3 Å². The number of anilines is 1. The fourth-order valence-electron chi connectivity index (χ4n) is 4.35. The molecule has 1 amide bonds. The Hall–Kier alpha value is -4.56. The quantitative estimate of drug-likeness (QED) is 0.303. The number of nitrogens with one attached hydrogen (secondary N) is 1. The van der Waals surface area contributed by atoms with Crippen LogP contribution in [0.2, 0.25) is 5.02 Å². The van der Waals surface area contributed by atoms with Crippen LogP contribution < -0.4 is 21.0 Å². The van der Waals surface area contributed by atoms with Crippen LogP contribution in [-0.4, -0.2) is 21.9 Å². The van der Waals surface area contributed by atoms with Crippen molar-refractivity contribution in [3.8, 4) is 22.8 Å². The van der Waals surface area contributed by atoms with Gasteiger partial charge < -0.3 is 14.5 Å². The highest BCUT2D eigenvalue weighted by molar-refractivity contribution is 6.32. The minimum Gasteiger partial charge on any atom is -0.476 e. The summed E-state index contributed by atoms with van der Waals surface area (Å²) in [5, 5.41) is 3.30. The molecule has 0 aliphatic heterocycles. The van der Waals surface area contributed by atoms with Crippen LogP contribution in [0.1, 0.15) is 16.8 Å². The molecule has 5 aromatic rings. The van der Waals surface area contributed by atoms with E-state index in [0.29, 0.717) is 27.6 Å². The van der Waals surface area contributed by atoms with Gasteiger partial charge in [0.15, 0.2) is 12.4 Å². The van der Waals surface area contributed by atoms with E-state index in [4.69, 9.17) is 20.8 Å². The van der Waals surface area contributed by atoms with E-state index in [9.17, 15) is 14.4 Å². The first kappa shape index (κ1) is 26.1. The van der Waals surface area contributed by atoms with Gasteiger partial charge in [0, 0.05) is 17.6 Å². The highest BCUT2D eigenvalue weighted by Gasteiger charge is 2.22. The Labute approximate surface area is 229 Å². The van der Waals surface area contributed by atoms with Gasteiger partial charge in [-0.3, -0.25) is 19.1 Å². The topological polar surface area (TPSA) is 95.5 Å². The molecule has 9 heteroatoms. The van der Waals surface area contributed by atoms with E-state index in [1.54, 1.807) is 36.9 Å². The smallest absolute Gasteiger partial charge is 0.295 e. The molecular weight excluding hydrogens is 518 g/mol. The molecule has 0 fully saturated rings. The van der Waals surface area contributed by atoms with E-state index in [-0.39, 0.29) is 28.1 Å². The summed E-state index contributed by atoms with van der Waals surface area (Å²) in [6.07, 6.45) is 0. The highest BCUT2D eigenvalue weighted by atomic mass is 35.5. The number of nitrogens with zero attached hydrogens (tertiary/aromatic N) is 2. The van der Waals surface area contributed by atoms with Crippen LogP contribution in [0.4, 0.5) is 5.69 Å². The monoisotopic (exact) mass is 543 g/mol. The molecule has 0 aliphatic carbocycles. The molecule has 0 atom stereocenters. The van der Waals surface area contributed by atoms with Gasteiger partial charge in [-0.1, -0.05) is 59.6 Å². The van der Waals surface area contributed by atoms with Crippen molar-refractivity contribution in [1.82, 2.24) is 9.36 Å². The number of rotatable bonds is 6. The Morgan fingerprint density at radius 2 is 1.69 bits per heavy atom. The Bertz CT molecular complexity index is 1830. The Morgan fingerprint density at radius 3 is 2.38 bits per heavy atom. The number of para-hydroxylation sites is 1. The largest absolute Gasteiger partial charge is 0.476 e. The summed E-state index contributed by atoms with van der Waals surface area (Å²) >= 11 is 6.27. The van der Waals surface area contributed by atoms with Gasteiger partial charge in [0.1, 0.15) is 11.3 Å². The van der Waals surface area contributed by atoms with Gasteiger partial charge in [-0.15, -0.1) is 0 Å². The zero-order chi connectivity index (χ0) is 27.8. The molecular formula is C30H26ClN3O5. The van der Waals surface area contributed by atoms with Crippen LogP contribution in [-0.2, 0) is 11.8 Å². The maximum Gasteiger partial charge on any atom is 0.295 e. The standard InChI is InChI=1S/C30H26ClN3O5/c1-17-10-12-20(13-11-17)28-29(27(36)22-15-23(31)18(2)14-24(22)39-28)38-16-25(35)32-26-19(3)33(4)34(30(26)37)21-8-6-5-7-9-21/h5-15H,16H2,1-4H3,(H,32,35). The van der Waals surface area contributed by atoms with E-state index in [2.05, 4.69) is 5.32 Å². The average molecular weight is 544 g/mol. The molecule has 198 valence electrons. The van der Waals surface area contributed by atoms with Gasteiger partial charge in [0.05, 0.1) is 16.8 Å². The molecule has 0 saturated carbocycles. The minimum absolute atomic E-state index is 0.118. The highest BCUT2D eigenvalue weighted by Crippen LogP contribution is 2.33. The van der Waals surface area contributed by atoms with E-state index in [1.165, 1.54) is 10.7 Å². The van der Waals surface area contributed by atoms with Gasteiger partial charge in [-0.05, 0) is 50.6 Å². The van der Waals surface area contributed by atoms with Crippen LogP contribution in [0.5, 0.6) is 5.75 Å². The van der Waals surface area contributed by atoms with Gasteiger partial charge in [0.2, 0.25) is 11.2 Å². The second-order valence-electron chi connectivity index (χ2n) is 9.33. The third-order valence-electron chi connectivity index (χ3n) is 6.61. The van der Waals surface area contributed by atoms with Crippen molar-refractivity contribution in [3.05, 3.63) is 109 Å². The first-order valence-electron chi connectivity index (χ1n) is 12.3. The van der Waals surface area contributed by atoms with Crippen molar-refractivity contribution >= 4 is 34.2 Å². The van der Waals surface area contributed by atoms with Gasteiger partial charge in [-0.2, -0.15) is 0 Å². The van der Waals surface area contributed by atoms with Crippen molar-refractivity contribution in [1.29, 1.82) is 0 Å². The molecule has 0 unspecified atom stereocenters. The van der Waals surface area contributed by atoms with Gasteiger partial charge in [0.25, 0.3) is 11.5 Å². The lowest BCUT2D eigenvalue weighted by Crippen LogP contribution is -2.26. The molecule has 0 aliphatic rings. The zero-order valence-corrected chi connectivity index (χ0v) is 22.6. The summed E-state index contributed by atoms with van der Waals surface area (Å²) in [4.78, 5) is 39.6. The predicted octanol–water partition coefficient (Wildman–Crippen LogP) is 5.55. The number of halogens is 1. The van der Waals surface area contributed by atoms with Gasteiger partial charge >= 0.3 is 0 Å². The lowest BCUT2D eigenvalue weighted by molar-refractivity contribution is -0.118. The molecule has 0 spiro atoms. The van der Waals surface area contributed by atoms with Crippen molar-refractivity contribution in [2.24, 2.45) is 7.05 Å². The van der Waals surface area contributed by atoms with Crippen LogP contribution in [0.15, 0.2) is 80.7 Å². The second kappa shape index (κ2) is 10.3. The molecule has 2 aromatic heterocycles. The molecule has 2 heterocycles. The molecule has 0 bridgehead atoms. The van der Waals surface area contributed by atoms with E-state index < -0.39 is 17.9 Å². The van der Waals surface area contributed by atoms with Crippen molar-refractivity contribution < 1.29 is 13.9 Å². The summed E-state index contributed by atoms with van der Waals surface area (Å²) in [5.74, 6) is -0.519. The average Bonchev–Trinajstić information content (AvgIpc) is 3.13. The fourth-order valence-corrected chi connectivity index (χ4v) is 4.51. The first-order chi connectivity index (χ1) is 18.7. The SMILES string of the molecule is Cc1ccc(-c2oc3cc(C)c(Cl)cc3c(=O)c2OCC(=O)Nc2c(C)n(C)n(-c3ccccc3)c2=O)cc1. The number of hydrogen-bond acceptors (Lipinski definition) is 5. The van der Waals surface area contributed by atoms with E-state index >= 15 is 0 Å². The van der Waals surface area contributed by atoms with Crippen LogP contribution >= 0.6 is 11.6 Å². The molecule has 0 saturated heterocycles. The minimum atomic E-state index is -0.600. The van der Waals surface area contributed by atoms with Crippen LogP contribution in [0.25, 0.3) is 28.0 Å². The Morgan fingerprint density at radius 1 is 1.00 bits per heavy atom. The number of benzene rings is 3. The van der Waals surface area contributed by atoms with Crippen molar-refractivity contribution in [3.63, 3.8) is 0 Å². The molecule has 39 heavy (non-hydrogen) atoms. The summed E-state index contributed by atoms with van der Waals surface area (Å²) in [5.41, 5.74) is 3.28. The molecule has 3 aromatic carbocycles. The van der Waals surface area contributed by atoms with Gasteiger partial charge in [-0.25, -0.2) is 4.68 Å². The maximum absolute atomic E-state index is 13.5. The van der Waals surface area contributed by atoms with Crippen molar-refractivity contribution in [2.75, 3.05) is 11.9 Å². The number of hydrogen-bond donors (Lipinski definition) is 1. The lowest BCUT2D eigenvalue weighted by atomic mass is 10.1. The molecule has 0 radical (unpaired) electrons. The van der Waals surface area contributed by atoms with E-state index in [0.717, 1.165) is 11.1 Å². The van der Waals surface area contributed by atoms with Crippen LogP contribution in [0, 0.1) is 20.8 Å². The summed E-state index contributed by atoms with van der Waals surface area (Å²) in [6.45, 7) is 4.98. The normalized spacial score (nSPS) is 11.1. The first-order valence-corrected chi connectivity index (χ1v) is 12.6.